The molecule has 0 aliphatic carbocycles. The molecule has 0 bridgehead atoms. The zero-order valence-corrected chi connectivity index (χ0v) is 10.1. The SMILES string of the molecule is O=C(O)C(=O)c1ccc(-c2ccc(Cl)cc2)s1.[KH]. The van der Waals surface area contributed by atoms with Gasteiger partial charge in [-0.3, -0.25) is 4.79 Å². The second kappa shape index (κ2) is 6.95. The van der Waals surface area contributed by atoms with Crippen LogP contribution in [0, 0.1) is 0 Å². The van der Waals surface area contributed by atoms with Crippen molar-refractivity contribution in [3.63, 3.8) is 0 Å². The van der Waals surface area contributed by atoms with Crippen molar-refractivity contribution in [1.29, 1.82) is 0 Å². The number of Topliss-reactive ketones (excluding diaryl/α,β-unsaturated/α-hetero) is 1. The first-order valence-corrected chi connectivity index (χ1v) is 5.91. The van der Waals surface area contributed by atoms with E-state index in [0.717, 1.165) is 21.8 Å². The molecule has 2 aromatic rings. The third-order valence-electron chi connectivity index (χ3n) is 2.15. The van der Waals surface area contributed by atoms with E-state index in [9.17, 15) is 9.59 Å². The van der Waals surface area contributed by atoms with Crippen molar-refractivity contribution in [1.82, 2.24) is 0 Å². The number of hydrogen-bond donors (Lipinski definition) is 1. The first-order chi connectivity index (χ1) is 8.08. The number of ketones is 1. The van der Waals surface area contributed by atoms with Gasteiger partial charge in [0.2, 0.25) is 0 Å². The van der Waals surface area contributed by atoms with E-state index >= 15 is 0 Å². The van der Waals surface area contributed by atoms with E-state index in [0.29, 0.717) is 5.02 Å². The van der Waals surface area contributed by atoms with Crippen LogP contribution in [-0.2, 0) is 4.79 Å². The predicted molar refractivity (Wildman–Crippen MR) is 73.9 cm³/mol. The van der Waals surface area contributed by atoms with Gasteiger partial charge in [0, 0.05) is 9.90 Å². The molecule has 1 N–H and O–H groups in total. The molecule has 88 valence electrons. The summed E-state index contributed by atoms with van der Waals surface area (Å²) in [5, 5.41) is 9.22. The average molecular weight is 307 g/mol. The minimum atomic E-state index is -1.44. The number of carbonyl (C=O) groups excluding carboxylic acids is 1. The van der Waals surface area contributed by atoms with Crippen LogP contribution in [-0.4, -0.2) is 68.2 Å². The molecule has 6 heteroatoms. The van der Waals surface area contributed by atoms with Gasteiger partial charge in [0.15, 0.2) is 0 Å². The van der Waals surface area contributed by atoms with Gasteiger partial charge in [0.1, 0.15) is 0 Å². The number of hydrogen-bond acceptors (Lipinski definition) is 3. The molecule has 0 fully saturated rings. The van der Waals surface area contributed by atoms with Gasteiger partial charge in [0.25, 0.3) is 5.78 Å². The molecular formula is C12H8ClKO3S. The van der Waals surface area contributed by atoms with Crippen LogP contribution < -0.4 is 0 Å². The first kappa shape index (κ1) is 16.0. The third kappa shape index (κ3) is 3.74. The first-order valence-electron chi connectivity index (χ1n) is 4.71. The van der Waals surface area contributed by atoms with Gasteiger partial charge in [-0.05, 0) is 29.8 Å². The Labute approximate surface area is 155 Å². The Morgan fingerprint density at radius 1 is 1.06 bits per heavy atom. The average Bonchev–Trinajstić information content (AvgIpc) is 2.78. The van der Waals surface area contributed by atoms with Gasteiger partial charge >= 0.3 is 57.4 Å². The molecule has 2 rings (SSSR count). The number of halogens is 1. The monoisotopic (exact) mass is 306 g/mol. The van der Waals surface area contributed by atoms with Crippen molar-refractivity contribution in [3.8, 4) is 10.4 Å². The van der Waals surface area contributed by atoms with E-state index in [-0.39, 0.29) is 56.3 Å². The summed E-state index contributed by atoms with van der Waals surface area (Å²) in [4.78, 5) is 22.8. The Hall–Kier alpha value is -0.0136. The summed E-state index contributed by atoms with van der Waals surface area (Å²) in [6.45, 7) is 0. The predicted octanol–water partition coefficient (Wildman–Crippen LogP) is 2.69. The molecule has 1 heterocycles. The molecule has 1 aromatic carbocycles. The normalized spacial score (nSPS) is 9.61. The molecule has 0 atom stereocenters. The standard InChI is InChI=1S/C12H7ClO3S.K.H/c13-8-3-1-7(2-4-8)9-5-6-10(17-9)11(14)12(15)16;;/h1-6H,(H,15,16);;. The van der Waals surface area contributed by atoms with E-state index in [1.54, 1.807) is 18.2 Å². The summed E-state index contributed by atoms with van der Waals surface area (Å²) >= 11 is 6.92. The summed E-state index contributed by atoms with van der Waals surface area (Å²) in [6.07, 6.45) is 0. The van der Waals surface area contributed by atoms with Crippen LogP contribution in [0.2, 0.25) is 5.02 Å². The van der Waals surface area contributed by atoms with Crippen molar-refractivity contribution < 1.29 is 14.7 Å². The van der Waals surface area contributed by atoms with Gasteiger partial charge in [0.05, 0.1) is 4.88 Å². The van der Waals surface area contributed by atoms with Crippen molar-refractivity contribution >= 4 is 86.1 Å². The Morgan fingerprint density at radius 2 is 1.67 bits per heavy atom. The molecule has 0 unspecified atom stereocenters. The molecule has 1 aromatic heterocycles. The molecule has 0 saturated carbocycles. The van der Waals surface area contributed by atoms with Crippen LogP contribution in [0.3, 0.4) is 0 Å². The Bertz CT molecular complexity index is 577. The Balaban J connectivity index is 0.00000162. The van der Waals surface area contributed by atoms with E-state index in [1.807, 2.05) is 12.1 Å². The maximum absolute atomic E-state index is 11.2. The van der Waals surface area contributed by atoms with Crippen molar-refractivity contribution in [3.05, 3.63) is 46.3 Å². The zero-order valence-electron chi connectivity index (χ0n) is 8.51. The van der Waals surface area contributed by atoms with E-state index in [1.165, 1.54) is 6.07 Å². The molecule has 0 aliphatic rings. The number of carboxylic acid groups (broad SMARTS) is 1. The van der Waals surface area contributed by atoms with Crippen LogP contribution in [0.15, 0.2) is 36.4 Å². The summed E-state index contributed by atoms with van der Waals surface area (Å²) in [7, 11) is 0. The van der Waals surface area contributed by atoms with Crippen LogP contribution >= 0.6 is 22.9 Å². The fourth-order valence-electron chi connectivity index (χ4n) is 1.33. The van der Waals surface area contributed by atoms with Gasteiger partial charge in [-0.15, -0.1) is 11.3 Å². The van der Waals surface area contributed by atoms with Crippen LogP contribution in [0.5, 0.6) is 0 Å². The molecule has 0 saturated heterocycles. The second-order valence-corrected chi connectivity index (χ2v) is 4.83. The van der Waals surface area contributed by atoms with Gasteiger partial charge in [-0.25, -0.2) is 4.79 Å². The van der Waals surface area contributed by atoms with Crippen LogP contribution in [0.4, 0.5) is 0 Å². The molecule has 0 spiro atoms. The summed E-state index contributed by atoms with van der Waals surface area (Å²) in [5.41, 5.74) is 0.906. The van der Waals surface area contributed by atoms with Gasteiger partial charge in [-0.2, -0.15) is 0 Å². The Morgan fingerprint density at radius 3 is 2.22 bits per heavy atom. The summed E-state index contributed by atoms with van der Waals surface area (Å²) in [5.74, 6) is -2.32. The second-order valence-electron chi connectivity index (χ2n) is 3.31. The summed E-state index contributed by atoms with van der Waals surface area (Å²) in [6, 6.07) is 10.4. The quantitative estimate of drug-likeness (QED) is 0.539. The maximum atomic E-state index is 11.2. The van der Waals surface area contributed by atoms with Crippen molar-refractivity contribution in [2.24, 2.45) is 0 Å². The Kier molecular flexibility index (Phi) is 6.20. The zero-order chi connectivity index (χ0) is 12.4. The molecule has 3 nitrogen and oxygen atoms in total. The fraction of sp³-hybridized carbons (Fsp3) is 0. The molecule has 0 amide bonds. The van der Waals surface area contributed by atoms with E-state index in [4.69, 9.17) is 16.7 Å². The van der Waals surface area contributed by atoms with Gasteiger partial charge in [-0.1, -0.05) is 23.7 Å². The molecular weight excluding hydrogens is 299 g/mol. The van der Waals surface area contributed by atoms with E-state index in [2.05, 4.69) is 0 Å². The van der Waals surface area contributed by atoms with E-state index < -0.39 is 11.8 Å². The third-order valence-corrected chi connectivity index (χ3v) is 3.54. The van der Waals surface area contributed by atoms with Crippen LogP contribution in [0.1, 0.15) is 9.67 Å². The van der Waals surface area contributed by atoms with Crippen molar-refractivity contribution in [2.45, 2.75) is 0 Å². The number of carbonyl (C=O) groups is 2. The van der Waals surface area contributed by atoms with Crippen LogP contribution in [0.25, 0.3) is 10.4 Å². The molecule has 18 heavy (non-hydrogen) atoms. The minimum absolute atomic E-state index is 0. The number of rotatable bonds is 3. The summed E-state index contributed by atoms with van der Waals surface area (Å²) < 4.78 is 0. The number of benzene rings is 1. The number of carboxylic acids is 1. The molecule has 0 aliphatic heterocycles. The number of aliphatic carboxylic acids is 1. The number of thiophene rings is 1. The fourth-order valence-corrected chi connectivity index (χ4v) is 2.40. The van der Waals surface area contributed by atoms with Crippen molar-refractivity contribution in [2.75, 3.05) is 0 Å². The van der Waals surface area contributed by atoms with Gasteiger partial charge < -0.3 is 5.11 Å². The molecule has 0 radical (unpaired) electrons. The topological polar surface area (TPSA) is 54.4 Å².